The SMILES string of the molecule is COc1ccc(/C=C(\C#N)C(=O)N[C@@H]2CCCC[C@@H]2C)cc1OCC(C)C. The minimum atomic E-state index is -0.309. The molecule has 1 fully saturated rings. The molecule has 1 N–H and O–H groups in total. The van der Waals surface area contributed by atoms with E-state index in [0.29, 0.717) is 29.9 Å². The topological polar surface area (TPSA) is 71.3 Å². The molecule has 1 amide bonds. The van der Waals surface area contributed by atoms with Gasteiger partial charge in [-0.1, -0.05) is 39.7 Å². The molecule has 2 atom stereocenters. The molecule has 0 radical (unpaired) electrons. The predicted octanol–water partition coefficient (Wildman–Crippen LogP) is 4.33. The van der Waals surface area contributed by atoms with E-state index in [0.717, 1.165) is 24.8 Å². The average Bonchev–Trinajstić information content (AvgIpc) is 2.66. The van der Waals surface area contributed by atoms with Crippen LogP contribution in [0, 0.1) is 23.2 Å². The lowest BCUT2D eigenvalue weighted by Gasteiger charge is -2.29. The number of benzene rings is 1. The Labute approximate surface area is 162 Å². The minimum absolute atomic E-state index is 0.104. The monoisotopic (exact) mass is 370 g/mol. The van der Waals surface area contributed by atoms with Gasteiger partial charge in [0, 0.05) is 6.04 Å². The highest BCUT2D eigenvalue weighted by Crippen LogP contribution is 2.29. The molecule has 27 heavy (non-hydrogen) atoms. The predicted molar refractivity (Wildman–Crippen MR) is 106 cm³/mol. The highest BCUT2D eigenvalue weighted by molar-refractivity contribution is 6.01. The fourth-order valence-electron chi connectivity index (χ4n) is 3.24. The van der Waals surface area contributed by atoms with Crippen molar-refractivity contribution in [3.8, 4) is 17.6 Å². The molecule has 1 aromatic carbocycles. The van der Waals surface area contributed by atoms with Crippen molar-refractivity contribution in [1.29, 1.82) is 5.26 Å². The second-order valence-electron chi connectivity index (χ2n) is 7.63. The molecule has 1 saturated carbocycles. The van der Waals surface area contributed by atoms with Crippen LogP contribution in [0.2, 0.25) is 0 Å². The number of hydrogen-bond donors (Lipinski definition) is 1. The first-order valence-electron chi connectivity index (χ1n) is 9.68. The minimum Gasteiger partial charge on any atom is -0.493 e. The normalized spacial score (nSPS) is 20.1. The maximum Gasteiger partial charge on any atom is 0.262 e. The summed E-state index contributed by atoms with van der Waals surface area (Å²) in [6, 6.07) is 7.58. The Hall–Kier alpha value is -2.48. The van der Waals surface area contributed by atoms with Crippen LogP contribution in [0.25, 0.3) is 6.08 Å². The molecule has 146 valence electrons. The van der Waals surface area contributed by atoms with Gasteiger partial charge >= 0.3 is 0 Å². The zero-order valence-corrected chi connectivity index (χ0v) is 16.7. The van der Waals surface area contributed by atoms with E-state index in [1.54, 1.807) is 25.3 Å². The maximum atomic E-state index is 12.6. The van der Waals surface area contributed by atoms with Crippen molar-refractivity contribution in [3.63, 3.8) is 0 Å². The Kier molecular flexibility index (Phi) is 7.72. The molecule has 5 heteroatoms. The third kappa shape index (κ3) is 6.02. The van der Waals surface area contributed by atoms with Crippen LogP contribution in [0.5, 0.6) is 11.5 Å². The van der Waals surface area contributed by atoms with Crippen LogP contribution in [-0.2, 0) is 4.79 Å². The Bertz CT molecular complexity index is 719. The van der Waals surface area contributed by atoms with Crippen LogP contribution in [0.4, 0.5) is 0 Å². The number of hydrogen-bond acceptors (Lipinski definition) is 4. The summed E-state index contributed by atoms with van der Waals surface area (Å²) in [5.41, 5.74) is 0.839. The molecule has 0 bridgehead atoms. The fraction of sp³-hybridized carbons (Fsp3) is 0.545. The van der Waals surface area contributed by atoms with Gasteiger partial charge in [0.25, 0.3) is 5.91 Å². The van der Waals surface area contributed by atoms with E-state index in [-0.39, 0.29) is 17.5 Å². The molecule has 1 aromatic rings. The molecule has 0 aliphatic heterocycles. The number of amides is 1. The summed E-state index contributed by atoms with van der Waals surface area (Å²) in [5, 5.41) is 12.5. The van der Waals surface area contributed by atoms with Gasteiger partial charge in [0.05, 0.1) is 13.7 Å². The van der Waals surface area contributed by atoms with E-state index in [9.17, 15) is 10.1 Å². The number of nitrogens with zero attached hydrogens (tertiary/aromatic N) is 1. The molecular formula is C22H30N2O3. The second-order valence-corrected chi connectivity index (χ2v) is 7.63. The summed E-state index contributed by atoms with van der Waals surface area (Å²) in [4.78, 5) is 12.6. The lowest BCUT2D eigenvalue weighted by Crippen LogP contribution is -2.41. The van der Waals surface area contributed by atoms with Crippen molar-refractivity contribution in [2.45, 2.75) is 52.5 Å². The third-order valence-electron chi connectivity index (χ3n) is 4.86. The van der Waals surface area contributed by atoms with Crippen molar-refractivity contribution >= 4 is 12.0 Å². The summed E-state index contributed by atoms with van der Waals surface area (Å²) in [6.45, 7) is 6.86. The molecule has 0 unspecified atom stereocenters. The highest BCUT2D eigenvalue weighted by atomic mass is 16.5. The Morgan fingerprint density at radius 1 is 1.33 bits per heavy atom. The number of carbonyl (C=O) groups excluding carboxylic acids is 1. The van der Waals surface area contributed by atoms with Crippen LogP contribution < -0.4 is 14.8 Å². The van der Waals surface area contributed by atoms with Gasteiger partial charge in [0.15, 0.2) is 11.5 Å². The van der Waals surface area contributed by atoms with Gasteiger partial charge in [-0.3, -0.25) is 4.79 Å². The van der Waals surface area contributed by atoms with E-state index in [1.165, 1.54) is 6.42 Å². The molecule has 0 saturated heterocycles. The molecule has 5 nitrogen and oxygen atoms in total. The molecule has 1 aliphatic carbocycles. The first-order chi connectivity index (χ1) is 12.9. The fourth-order valence-corrected chi connectivity index (χ4v) is 3.24. The number of nitrogens with one attached hydrogen (secondary N) is 1. The maximum absolute atomic E-state index is 12.6. The molecule has 1 aliphatic rings. The smallest absolute Gasteiger partial charge is 0.262 e. The van der Waals surface area contributed by atoms with Gasteiger partial charge in [-0.2, -0.15) is 5.26 Å². The average molecular weight is 370 g/mol. The lowest BCUT2D eigenvalue weighted by atomic mass is 9.86. The molecular weight excluding hydrogens is 340 g/mol. The van der Waals surface area contributed by atoms with Crippen molar-refractivity contribution in [3.05, 3.63) is 29.3 Å². The van der Waals surface area contributed by atoms with Gasteiger partial charge in [0.1, 0.15) is 11.6 Å². The number of ether oxygens (including phenoxy) is 2. The standard InChI is InChI=1S/C22H30N2O3/c1-15(2)14-27-21-12-17(9-10-20(21)26-4)11-18(13-23)22(25)24-19-8-6-5-7-16(19)3/h9-12,15-16,19H,5-8,14H2,1-4H3,(H,24,25)/b18-11+/t16-,19+/m0/s1. The molecule has 0 heterocycles. The first-order valence-corrected chi connectivity index (χ1v) is 9.68. The van der Waals surface area contributed by atoms with Gasteiger partial charge in [-0.15, -0.1) is 0 Å². The number of rotatable bonds is 7. The third-order valence-corrected chi connectivity index (χ3v) is 4.86. The number of nitriles is 1. The Morgan fingerprint density at radius 3 is 2.70 bits per heavy atom. The Balaban J connectivity index is 2.16. The van der Waals surface area contributed by atoms with Crippen LogP contribution in [0.3, 0.4) is 0 Å². The zero-order chi connectivity index (χ0) is 19.8. The van der Waals surface area contributed by atoms with E-state index in [1.807, 2.05) is 12.1 Å². The van der Waals surface area contributed by atoms with Crippen LogP contribution in [0.15, 0.2) is 23.8 Å². The summed E-state index contributed by atoms with van der Waals surface area (Å²) in [7, 11) is 1.59. The van der Waals surface area contributed by atoms with Crippen molar-refractivity contribution < 1.29 is 14.3 Å². The lowest BCUT2D eigenvalue weighted by molar-refractivity contribution is -0.118. The van der Waals surface area contributed by atoms with E-state index >= 15 is 0 Å². The summed E-state index contributed by atoms with van der Waals surface area (Å²) in [5.74, 6) is 1.76. The summed E-state index contributed by atoms with van der Waals surface area (Å²) in [6.07, 6.45) is 6.02. The van der Waals surface area contributed by atoms with Crippen LogP contribution >= 0.6 is 0 Å². The van der Waals surface area contributed by atoms with E-state index in [4.69, 9.17) is 9.47 Å². The van der Waals surface area contributed by atoms with Crippen LogP contribution in [-0.4, -0.2) is 25.7 Å². The molecule has 0 spiro atoms. The van der Waals surface area contributed by atoms with Crippen molar-refractivity contribution in [2.75, 3.05) is 13.7 Å². The summed E-state index contributed by atoms with van der Waals surface area (Å²) >= 11 is 0. The first kappa shape index (κ1) is 20.8. The second kappa shape index (κ2) is 10.0. The van der Waals surface area contributed by atoms with Gasteiger partial charge < -0.3 is 14.8 Å². The zero-order valence-electron chi connectivity index (χ0n) is 16.7. The van der Waals surface area contributed by atoms with E-state index < -0.39 is 0 Å². The largest absolute Gasteiger partial charge is 0.493 e. The van der Waals surface area contributed by atoms with Gasteiger partial charge in [0.2, 0.25) is 0 Å². The number of carbonyl (C=O) groups is 1. The quantitative estimate of drug-likeness (QED) is 0.573. The van der Waals surface area contributed by atoms with Gasteiger partial charge in [-0.25, -0.2) is 0 Å². The van der Waals surface area contributed by atoms with Crippen molar-refractivity contribution in [2.24, 2.45) is 11.8 Å². The van der Waals surface area contributed by atoms with Gasteiger partial charge in [-0.05, 0) is 48.4 Å². The van der Waals surface area contributed by atoms with E-state index in [2.05, 4.69) is 26.1 Å². The van der Waals surface area contributed by atoms with Crippen LogP contribution in [0.1, 0.15) is 52.0 Å². The molecule has 0 aromatic heterocycles. The summed E-state index contributed by atoms with van der Waals surface area (Å²) < 4.78 is 11.1. The van der Waals surface area contributed by atoms with Crippen molar-refractivity contribution in [1.82, 2.24) is 5.32 Å². The highest BCUT2D eigenvalue weighted by Gasteiger charge is 2.24. The number of methoxy groups -OCH3 is 1. The molecule has 2 rings (SSSR count). The Morgan fingerprint density at radius 2 is 2.07 bits per heavy atom.